The number of aryl methyl sites for hydroxylation is 1. The number of amides is 1. The fourth-order valence-electron chi connectivity index (χ4n) is 3.53. The number of rotatable bonds is 3. The van der Waals surface area contributed by atoms with Gasteiger partial charge in [0.2, 0.25) is 5.91 Å². The van der Waals surface area contributed by atoms with Crippen LogP contribution in [0.15, 0.2) is 29.2 Å². The van der Waals surface area contributed by atoms with E-state index in [0.717, 1.165) is 47.5 Å². The Morgan fingerprint density at radius 2 is 2.12 bits per heavy atom. The molecule has 2 N–H and O–H groups in total. The maximum atomic E-state index is 12.6. The number of nitrogens with one attached hydrogen (secondary N) is 2. The van der Waals surface area contributed by atoms with Crippen LogP contribution >= 0.6 is 0 Å². The highest BCUT2D eigenvalue weighted by Gasteiger charge is 2.18. The monoisotopic (exact) mass is 324 g/mol. The van der Waals surface area contributed by atoms with Crippen molar-refractivity contribution in [1.29, 1.82) is 0 Å². The molecule has 6 heteroatoms. The number of fused-ring (bicyclic) bond motifs is 3. The number of aromatic nitrogens is 3. The van der Waals surface area contributed by atoms with Gasteiger partial charge in [0, 0.05) is 22.3 Å². The minimum absolute atomic E-state index is 0.0420. The summed E-state index contributed by atoms with van der Waals surface area (Å²) in [6.07, 6.45) is 6.02. The lowest BCUT2D eigenvalue weighted by Gasteiger charge is -2.12. The molecule has 1 aliphatic carbocycles. The summed E-state index contributed by atoms with van der Waals surface area (Å²) < 4.78 is 1.23. The van der Waals surface area contributed by atoms with E-state index in [0.29, 0.717) is 5.52 Å². The number of H-pyrrole nitrogens is 1. The van der Waals surface area contributed by atoms with Crippen molar-refractivity contribution in [3.05, 3.63) is 40.3 Å². The molecule has 0 spiro atoms. The molecular weight excluding hydrogens is 304 g/mol. The first-order valence-electron chi connectivity index (χ1n) is 8.39. The molecule has 0 bridgehead atoms. The number of benzene rings is 1. The van der Waals surface area contributed by atoms with Gasteiger partial charge in [-0.15, -0.1) is 0 Å². The molecule has 0 atom stereocenters. The van der Waals surface area contributed by atoms with Crippen molar-refractivity contribution in [2.24, 2.45) is 0 Å². The maximum Gasteiger partial charge on any atom is 0.291 e. The molecule has 2 heterocycles. The third-order valence-electron chi connectivity index (χ3n) is 4.78. The zero-order valence-electron chi connectivity index (χ0n) is 13.6. The van der Waals surface area contributed by atoms with E-state index in [4.69, 9.17) is 0 Å². The van der Waals surface area contributed by atoms with Crippen LogP contribution in [-0.4, -0.2) is 26.7 Å². The summed E-state index contributed by atoms with van der Waals surface area (Å²) in [5, 5.41) is 8.96. The number of aromatic amines is 1. The molecule has 1 amide bonds. The van der Waals surface area contributed by atoms with E-state index in [2.05, 4.69) is 15.4 Å². The van der Waals surface area contributed by atoms with Crippen molar-refractivity contribution in [1.82, 2.24) is 20.1 Å². The largest absolute Gasteiger partial charge is 0.352 e. The Hall–Kier alpha value is -2.63. The van der Waals surface area contributed by atoms with Gasteiger partial charge in [0.25, 0.3) is 5.56 Å². The van der Waals surface area contributed by atoms with Gasteiger partial charge < -0.3 is 10.3 Å². The predicted molar refractivity (Wildman–Crippen MR) is 93.0 cm³/mol. The Morgan fingerprint density at radius 1 is 1.33 bits per heavy atom. The fraction of sp³-hybridized carbons (Fsp3) is 0.389. The number of carbonyl (C=O) groups is 1. The third-order valence-corrected chi connectivity index (χ3v) is 4.78. The smallest absolute Gasteiger partial charge is 0.291 e. The van der Waals surface area contributed by atoms with Gasteiger partial charge in [-0.1, -0.05) is 24.5 Å². The van der Waals surface area contributed by atoms with Gasteiger partial charge in [0.1, 0.15) is 12.1 Å². The zero-order chi connectivity index (χ0) is 16.7. The molecule has 1 aromatic carbocycles. The Balaban J connectivity index is 1.66. The second-order valence-electron chi connectivity index (χ2n) is 6.62. The number of hydrogen-bond donors (Lipinski definition) is 2. The second kappa shape index (κ2) is 5.78. The Bertz CT molecular complexity index is 980. The lowest BCUT2D eigenvalue weighted by molar-refractivity contribution is -0.122. The SMILES string of the molecule is Cc1ccc2[nH]c3c(=O)n(CC(=O)NC4CCCC4)ncc3c2c1. The topological polar surface area (TPSA) is 79.8 Å². The predicted octanol–water partition coefficient (Wildman–Crippen LogP) is 2.25. The molecule has 2 aromatic heterocycles. The Morgan fingerprint density at radius 3 is 2.92 bits per heavy atom. The van der Waals surface area contributed by atoms with Crippen LogP contribution in [0.3, 0.4) is 0 Å². The van der Waals surface area contributed by atoms with E-state index in [1.807, 2.05) is 25.1 Å². The molecule has 124 valence electrons. The van der Waals surface area contributed by atoms with Crippen LogP contribution in [0.1, 0.15) is 31.2 Å². The van der Waals surface area contributed by atoms with Crippen LogP contribution in [0.2, 0.25) is 0 Å². The molecule has 0 radical (unpaired) electrons. The summed E-state index contributed by atoms with van der Waals surface area (Å²) in [5.74, 6) is -0.150. The van der Waals surface area contributed by atoms with Crippen molar-refractivity contribution >= 4 is 27.7 Å². The van der Waals surface area contributed by atoms with Crippen molar-refractivity contribution in [3.8, 4) is 0 Å². The highest BCUT2D eigenvalue weighted by Crippen LogP contribution is 2.23. The summed E-state index contributed by atoms with van der Waals surface area (Å²) >= 11 is 0. The van der Waals surface area contributed by atoms with Crippen LogP contribution in [-0.2, 0) is 11.3 Å². The molecule has 24 heavy (non-hydrogen) atoms. The highest BCUT2D eigenvalue weighted by molar-refractivity contribution is 6.06. The van der Waals surface area contributed by atoms with E-state index in [-0.39, 0.29) is 24.1 Å². The standard InChI is InChI=1S/C18H20N4O2/c1-11-6-7-15-13(8-11)14-9-19-22(18(24)17(14)21-15)10-16(23)20-12-4-2-3-5-12/h6-9,12,21H,2-5,10H2,1H3,(H,20,23). The molecule has 4 rings (SSSR count). The lowest BCUT2D eigenvalue weighted by atomic mass is 10.1. The highest BCUT2D eigenvalue weighted by atomic mass is 16.2. The third kappa shape index (κ3) is 2.58. The number of nitrogens with zero attached hydrogens (tertiary/aromatic N) is 2. The van der Waals surface area contributed by atoms with Gasteiger partial charge in [-0.2, -0.15) is 5.10 Å². The van der Waals surface area contributed by atoms with Crippen molar-refractivity contribution in [2.75, 3.05) is 0 Å². The number of hydrogen-bond acceptors (Lipinski definition) is 3. The van der Waals surface area contributed by atoms with Crippen LogP contribution in [0.4, 0.5) is 0 Å². The van der Waals surface area contributed by atoms with E-state index < -0.39 is 0 Å². The van der Waals surface area contributed by atoms with Crippen LogP contribution in [0.5, 0.6) is 0 Å². The minimum Gasteiger partial charge on any atom is -0.352 e. The van der Waals surface area contributed by atoms with Gasteiger partial charge in [0.05, 0.1) is 6.20 Å². The van der Waals surface area contributed by atoms with Crippen molar-refractivity contribution in [3.63, 3.8) is 0 Å². The molecule has 0 aliphatic heterocycles. The average molecular weight is 324 g/mol. The van der Waals surface area contributed by atoms with Gasteiger partial charge >= 0.3 is 0 Å². The van der Waals surface area contributed by atoms with Gasteiger partial charge in [-0.25, -0.2) is 4.68 Å². The van der Waals surface area contributed by atoms with Crippen LogP contribution in [0.25, 0.3) is 21.8 Å². The first-order chi connectivity index (χ1) is 11.6. The minimum atomic E-state index is -0.261. The van der Waals surface area contributed by atoms with E-state index in [1.54, 1.807) is 6.20 Å². The molecule has 0 saturated heterocycles. The number of carbonyl (C=O) groups excluding carboxylic acids is 1. The molecule has 1 saturated carbocycles. The van der Waals surface area contributed by atoms with E-state index >= 15 is 0 Å². The first kappa shape index (κ1) is 14.9. The lowest BCUT2D eigenvalue weighted by Crippen LogP contribution is -2.38. The Kier molecular flexibility index (Phi) is 3.59. The van der Waals surface area contributed by atoms with Crippen molar-refractivity contribution < 1.29 is 4.79 Å². The van der Waals surface area contributed by atoms with E-state index in [9.17, 15) is 9.59 Å². The van der Waals surface area contributed by atoms with Gasteiger partial charge in [0.15, 0.2) is 0 Å². The fourth-order valence-corrected chi connectivity index (χ4v) is 3.53. The molecule has 3 aromatic rings. The molecule has 1 aliphatic rings. The summed E-state index contributed by atoms with van der Waals surface area (Å²) in [5.41, 5.74) is 2.27. The maximum absolute atomic E-state index is 12.6. The van der Waals surface area contributed by atoms with Crippen molar-refractivity contribution in [2.45, 2.75) is 45.2 Å². The average Bonchev–Trinajstić information content (AvgIpc) is 3.18. The second-order valence-corrected chi connectivity index (χ2v) is 6.62. The van der Waals surface area contributed by atoms with Gasteiger partial charge in [-0.3, -0.25) is 9.59 Å². The summed E-state index contributed by atoms with van der Waals surface area (Å²) in [6, 6.07) is 6.24. The molecular formula is C18H20N4O2. The van der Waals surface area contributed by atoms with Crippen LogP contribution in [0, 0.1) is 6.92 Å². The van der Waals surface area contributed by atoms with E-state index in [1.165, 1.54) is 4.68 Å². The summed E-state index contributed by atoms with van der Waals surface area (Å²) in [6.45, 7) is 1.97. The summed E-state index contributed by atoms with van der Waals surface area (Å²) in [7, 11) is 0. The molecule has 1 fully saturated rings. The first-order valence-corrected chi connectivity index (χ1v) is 8.39. The van der Waals surface area contributed by atoms with Gasteiger partial charge in [-0.05, 0) is 31.9 Å². The molecule has 6 nitrogen and oxygen atoms in total. The zero-order valence-corrected chi connectivity index (χ0v) is 13.6. The Labute approximate surface area is 138 Å². The molecule has 0 unspecified atom stereocenters. The van der Waals surface area contributed by atoms with Crippen LogP contribution < -0.4 is 10.9 Å². The summed E-state index contributed by atoms with van der Waals surface area (Å²) in [4.78, 5) is 28.0. The normalized spacial score (nSPS) is 15.4. The quantitative estimate of drug-likeness (QED) is 0.775.